The summed E-state index contributed by atoms with van der Waals surface area (Å²) in [5.74, 6) is 1.79. The fourth-order valence-electron chi connectivity index (χ4n) is 4.20. The molecule has 0 spiro atoms. The van der Waals surface area contributed by atoms with E-state index in [2.05, 4.69) is 32.5 Å². The maximum absolute atomic E-state index is 12.3. The van der Waals surface area contributed by atoms with Crippen LogP contribution in [0.5, 0.6) is 5.75 Å². The van der Waals surface area contributed by atoms with Gasteiger partial charge in [-0.3, -0.25) is 4.79 Å². The fourth-order valence-corrected chi connectivity index (χ4v) is 4.69. The summed E-state index contributed by atoms with van der Waals surface area (Å²) < 4.78 is 12.4. The number of likely N-dealkylation sites (tertiary alicyclic amines) is 1. The molecule has 168 valence electrons. The first-order valence-electron chi connectivity index (χ1n) is 10.7. The lowest BCUT2D eigenvalue weighted by atomic mass is 9.90. The molecule has 3 aliphatic heterocycles. The van der Waals surface area contributed by atoms with Gasteiger partial charge in [-0.1, -0.05) is 15.9 Å². The predicted octanol–water partition coefficient (Wildman–Crippen LogP) is 3.67. The Labute approximate surface area is 191 Å². The van der Waals surface area contributed by atoms with Crippen molar-refractivity contribution in [2.24, 2.45) is 11.0 Å². The number of halogens is 1. The fraction of sp³-hybridized carbons (Fsp3) is 0.591. The van der Waals surface area contributed by atoms with E-state index in [0.717, 1.165) is 40.7 Å². The Morgan fingerprint density at radius 1 is 1.32 bits per heavy atom. The summed E-state index contributed by atoms with van der Waals surface area (Å²) in [5, 5.41) is 4.16. The average Bonchev–Trinajstić information content (AvgIpc) is 2.70. The third-order valence-electron chi connectivity index (χ3n) is 5.86. The lowest BCUT2D eigenvalue weighted by Gasteiger charge is -2.38. The lowest BCUT2D eigenvalue weighted by molar-refractivity contribution is -0.122. The number of carbonyl (C=O) groups is 2. The highest BCUT2D eigenvalue weighted by molar-refractivity contribution is 9.10. The highest BCUT2D eigenvalue weighted by Crippen LogP contribution is 2.40. The zero-order valence-corrected chi connectivity index (χ0v) is 20.0. The maximum Gasteiger partial charge on any atom is 0.410 e. The number of hydrazone groups is 1. The lowest BCUT2D eigenvalue weighted by Crippen LogP contribution is -2.55. The van der Waals surface area contributed by atoms with E-state index >= 15 is 0 Å². The van der Waals surface area contributed by atoms with E-state index in [9.17, 15) is 9.59 Å². The first kappa shape index (κ1) is 21.9. The van der Waals surface area contributed by atoms with Crippen LogP contribution in [0.1, 0.15) is 46.1 Å². The van der Waals surface area contributed by atoms with Crippen LogP contribution in [0.4, 0.5) is 10.5 Å². The predicted molar refractivity (Wildman–Crippen MR) is 121 cm³/mol. The molecular formula is C22H29BrN4O4. The largest absolute Gasteiger partial charge is 0.483 e. The molecule has 0 aliphatic carbocycles. The topological polar surface area (TPSA) is 83.5 Å². The molecule has 9 heteroatoms. The van der Waals surface area contributed by atoms with Gasteiger partial charge >= 0.3 is 6.09 Å². The molecule has 1 fully saturated rings. The van der Waals surface area contributed by atoms with Gasteiger partial charge in [-0.15, -0.1) is 0 Å². The van der Waals surface area contributed by atoms with Crippen LogP contribution in [0.15, 0.2) is 21.7 Å². The van der Waals surface area contributed by atoms with E-state index in [0.29, 0.717) is 31.4 Å². The first-order chi connectivity index (χ1) is 14.6. The van der Waals surface area contributed by atoms with Crippen molar-refractivity contribution in [1.82, 2.24) is 10.3 Å². The number of ether oxygens (including phenoxy) is 2. The molecule has 8 nitrogen and oxygen atoms in total. The zero-order valence-electron chi connectivity index (χ0n) is 18.4. The Kier molecular flexibility index (Phi) is 5.89. The third-order valence-corrected chi connectivity index (χ3v) is 6.60. The van der Waals surface area contributed by atoms with E-state index in [4.69, 9.17) is 9.47 Å². The number of hydrogen-bond donors (Lipinski definition) is 1. The maximum atomic E-state index is 12.3. The molecular weight excluding hydrogens is 464 g/mol. The SMILES string of the molecule is C[C@@H]1C(=O)NN=C2COc3cc(Br)c(CC4CCN(C(=O)OC(C)(C)C)CC4)cc3N21. The van der Waals surface area contributed by atoms with Gasteiger partial charge in [0.15, 0.2) is 5.84 Å². The Hall–Kier alpha value is -2.29. The van der Waals surface area contributed by atoms with Crippen molar-refractivity contribution in [2.75, 3.05) is 24.6 Å². The Morgan fingerprint density at radius 2 is 2.03 bits per heavy atom. The van der Waals surface area contributed by atoms with Crippen LogP contribution in [0.3, 0.4) is 0 Å². The number of nitrogens with one attached hydrogen (secondary N) is 1. The second-order valence-electron chi connectivity index (χ2n) is 9.36. The van der Waals surface area contributed by atoms with E-state index in [1.54, 1.807) is 4.90 Å². The molecule has 1 atom stereocenters. The van der Waals surface area contributed by atoms with Crippen LogP contribution >= 0.6 is 15.9 Å². The molecule has 4 rings (SSSR count). The van der Waals surface area contributed by atoms with Gasteiger partial charge in [0.25, 0.3) is 5.91 Å². The third kappa shape index (κ3) is 4.66. The summed E-state index contributed by atoms with van der Waals surface area (Å²) in [4.78, 5) is 28.2. The summed E-state index contributed by atoms with van der Waals surface area (Å²) in [7, 11) is 0. The van der Waals surface area contributed by atoms with Gasteiger partial charge in [0, 0.05) is 17.6 Å². The van der Waals surface area contributed by atoms with Crippen molar-refractivity contribution in [3.05, 3.63) is 22.2 Å². The van der Waals surface area contributed by atoms with Crippen molar-refractivity contribution in [3.8, 4) is 5.75 Å². The van der Waals surface area contributed by atoms with Gasteiger partial charge < -0.3 is 19.3 Å². The molecule has 0 radical (unpaired) electrons. The minimum atomic E-state index is -0.478. The molecule has 1 N–H and O–H groups in total. The van der Waals surface area contributed by atoms with Crippen molar-refractivity contribution in [1.29, 1.82) is 0 Å². The smallest absolute Gasteiger partial charge is 0.410 e. The van der Waals surface area contributed by atoms with E-state index in [1.165, 1.54) is 0 Å². The molecule has 0 aromatic heterocycles. The van der Waals surface area contributed by atoms with Crippen LogP contribution < -0.4 is 15.1 Å². The van der Waals surface area contributed by atoms with Gasteiger partial charge in [0.2, 0.25) is 0 Å². The van der Waals surface area contributed by atoms with Gasteiger partial charge in [-0.2, -0.15) is 5.10 Å². The molecule has 0 unspecified atom stereocenters. The number of anilines is 1. The molecule has 1 aromatic carbocycles. The Morgan fingerprint density at radius 3 is 2.71 bits per heavy atom. The molecule has 0 bridgehead atoms. The summed E-state index contributed by atoms with van der Waals surface area (Å²) >= 11 is 3.69. The van der Waals surface area contributed by atoms with Crippen LogP contribution in [-0.4, -0.2) is 54.1 Å². The quantitative estimate of drug-likeness (QED) is 0.680. The van der Waals surface area contributed by atoms with Gasteiger partial charge in [0.05, 0.1) is 5.69 Å². The number of amidine groups is 1. The van der Waals surface area contributed by atoms with Crippen molar-refractivity contribution >= 4 is 39.5 Å². The number of benzene rings is 1. The standard InChI is InChI=1S/C22H29BrN4O4/c1-13-20(28)25-24-19-12-30-18-11-16(23)15(10-17(18)27(13)19)9-14-5-7-26(8-6-14)21(29)31-22(2,3)4/h10-11,13-14H,5-9,12H2,1-4H3,(H,25,28)/t13-/m1/s1. The number of hydrogen-bond acceptors (Lipinski definition) is 6. The first-order valence-corrected chi connectivity index (χ1v) is 11.5. The summed E-state index contributed by atoms with van der Waals surface area (Å²) in [5.41, 5.74) is 4.12. The molecule has 1 saturated heterocycles. The minimum absolute atomic E-state index is 0.129. The van der Waals surface area contributed by atoms with Crippen molar-refractivity contribution in [2.45, 2.75) is 58.6 Å². The zero-order chi connectivity index (χ0) is 22.3. The number of carbonyl (C=O) groups excluding carboxylic acids is 2. The number of nitrogens with zero attached hydrogens (tertiary/aromatic N) is 3. The monoisotopic (exact) mass is 492 g/mol. The van der Waals surface area contributed by atoms with Gasteiger partial charge in [-0.05, 0) is 70.6 Å². The summed E-state index contributed by atoms with van der Waals surface area (Å²) in [6, 6.07) is 3.74. The highest BCUT2D eigenvalue weighted by Gasteiger charge is 2.36. The molecule has 3 aliphatic rings. The Bertz CT molecular complexity index is 919. The molecule has 31 heavy (non-hydrogen) atoms. The number of rotatable bonds is 2. The Balaban J connectivity index is 1.46. The molecule has 0 saturated carbocycles. The van der Waals surface area contributed by atoms with E-state index < -0.39 is 5.60 Å². The normalized spacial score (nSPS) is 21.5. The second-order valence-corrected chi connectivity index (χ2v) is 10.2. The number of fused-ring (bicyclic) bond motifs is 3. The van der Waals surface area contributed by atoms with Gasteiger partial charge in [-0.25, -0.2) is 10.2 Å². The van der Waals surface area contributed by atoms with E-state index in [1.807, 2.05) is 38.7 Å². The molecule has 2 amide bonds. The summed E-state index contributed by atoms with van der Waals surface area (Å²) in [6.45, 7) is 9.25. The van der Waals surface area contributed by atoms with Gasteiger partial charge in [0.1, 0.15) is 24.0 Å². The average molecular weight is 493 g/mol. The number of amides is 2. The molecule has 3 heterocycles. The summed E-state index contributed by atoms with van der Waals surface area (Å²) in [6.07, 6.45) is 2.50. The van der Waals surface area contributed by atoms with Crippen LogP contribution in [-0.2, 0) is 16.0 Å². The minimum Gasteiger partial charge on any atom is -0.483 e. The molecule has 1 aromatic rings. The number of piperidine rings is 1. The van der Waals surface area contributed by atoms with E-state index in [-0.39, 0.29) is 18.0 Å². The second kappa shape index (κ2) is 8.33. The van der Waals surface area contributed by atoms with Crippen LogP contribution in [0, 0.1) is 5.92 Å². The van der Waals surface area contributed by atoms with Crippen molar-refractivity contribution < 1.29 is 19.1 Å². The van der Waals surface area contributed by atoms with Crippen molar-refractivity contribution in [3.63, 3.8) is 0 Å². The highest BCUT2D eigenvalue weighted by atomic mass is 79.9. The van der Waals surface area contributed by atoms with Crippen LogP contribution in [0.25, 0.3) is 0 Å². The van der Waals surface area contributed by atoms with Crippen LogP contribution in [0.2, 0.25) is 0 Å².